The Morgan fingerprint density at radius 2 is 2.06 bits per heavy atom. The van der Waals surface area contributed by atoms with Gasteiger partial charge in [0.25, 0.3) is 0 Å². The van der Waals surface area contributed by atoms with E-state index in [1.54, 1.807) is 10.9 Å². The first-order chi connectivity index (χ1) is 8.19. The number of rotatable bonds is 4. The quantitative estimate of drug-likeness (QED) is 0.827. The van der Waals surface area contributed by atoms with Gasteiger partial charge < -0.3 is 10.8 Å². The van der Waals surface area contributed by atoms with Gasteiger partial charge in [0.05, 0.1) is 12.3 Å². The fraction of sp³-hybridized carbons (Fsp3) is 0.308. The molecule has 1 aromatic heterocycles. The largest absolute Gasteiger partial charge is 0.395 e. The minimum atomic E-state index is -0.372. The Morgan fingerprint density at radius 1 is 1.35 bits per heavy atom. The first kappa shape index (κ1) is 11.8. The molecule has 0 saturated heterocycles. The molecule has 3 N–H and O–H groups in total. The van der Waals surface area contributed by atoms with Gasteiger partial charge in [-0.2, -0.15) is 5.10 Å². The molecule has 1 aromatic carbocycles. The SMILES string of the molecule is CC(CN)(CO)c1ccc(-n2cccn2)cc1. The van der Waals surface area contributed by atoms with E-state index in [1.165, 1.54) is 0 Å². The van der Waals surface area contributed by atoms with Crippen LogP contribution >= 0.6 is 0 Å². The molecule has 0 aliphatic carbocycles. The summed E-state index contributed by atoms with van der Waals surface area (Å²) in [5, 5.41) is 13.6. The van der Waals surface area contributed by atoms with Crippen LogP contribution in [-0.2, 0) is 5.41 Å². The monoisotopic (exact) mass is 231 g/mol. The third-order valence-corrected chi connectivity index (χ3v) is 3.13. The average Bonchev–Trinajstić information content (AvgIpc) is 2.92. The molecule has 0 saturated carbocycles. The zero-order chi connectivity index (χ0) is 12.3. The highest BCUT2D eigenvalue weighted by molar-refractivity contribution is 5.37. The Labute approximate surface area is 101 Å². The summed E-state index contributed by atoms with van der Waals surface area (Å²) < 4.78 is 1.79. The lowest BCUT2D eigenvalue weighted by atomic mass is 9.83. The molecule has 1 atom stereocenters. The van der Waals surface area contributed by atoms with E-state index in [0.29, 0.717) is 6.54 Å². The molecule has 0 bridgehead atoms. The third-order valence-electron chi connectivity index (χ3n) is 3.13. The van der Waals surface area contributed by atoms with Crippen molar-refractivity contribution in [1.29, 1.82) is 0 Å². The fourth-order valence-electron chi connectivity index (χ4n) is 1.71. The molecule has 17 heavy (non-hydrogen) atoms. The van der Waals surface area contributed by atoms with Crippen LogP contribution in [0.1, 0.15) is 12.5 Å². The van der Waals surface area contributed by atoms with Gasteiger partial charge in [0.1, 0.15) is 0 Å². The first-order valence-electron chi connectivity index (χ1n) is 5.61. The number of aromatic nitrogens is 2. The number of hydrogen-bond donors (Lipinski definition) is 2. The van der Waals surface area contributed by atoms with Crippen LogP contribution in [0.4, 0.5) is 0 Å². The van der Waals surface area contributed by atoms with Crippen LogP contribution in [-0.4, -0.2) is 28.0 Å². The van der Waals surface area contributed by atoms with Crippen molar-refractivity contribution in [3.63, 3.8) is 0 Å². The summed E-state index contributed by atoms with van der Waals surface area (Å²) in [6.07, 6.45) is 3.63. The summed E-state index contributed by atoms with van der Waals surface area (Å²) in [7, 11) is 0. The molecule has 0 aliphatic heterocycles. The summed E-state index contributed by atoms with van der Waals surface area (Å²) in [5.41, 5.74) is 7.37. The van der Waals surface area contributed by atoms with Crippen molar-refractivity contribution in [2.45, 2.75) is 12.3 Å². The van der Waals surface area contributed by atoms with Crippen molar-refractivity contribution in [1.82, 2.24) is 9.78 Å². The highest BCUT2D eigenvalue weighted by Gasteiger charge is 2.23. The van der Waals surface area contributed by atoms with E-state index in [-0.39, 0.29) is 12.0 Å². The van der Waals surface area contributed by atoms with E-state index in [1.807, 2.05) is 43.5 Å². The summed E-state index contributed by atoms with van der Waals surface area (Å²) >= 11 is 0. The van der Waals surface area contributed by atoms with Gasteiger partial charge in [-0.15, -0.1) is 0 Å². The number of aliphatic hydroxyl groups excluding tert-OH is 1. The molecular weight excluding hydrogens is 214 g/mol. The molecule has 0 spiro atoms. The van der Waals surface area contributed by atoms with E-state index < -0.39 is 0 Å². The van der Waals surface area contributed by atoms with Crippen molar-refractivity contribution in [3.8, 4) is 5.69 Å². The molecular formula is C13H17N3O. The van der Waals surface area contributed by atoms with Crippen LogP contribution in [0.3, 0.4) is 0 Å². The summed E-state index contributed by atoms with van der Waals surface area (Å²) in [5.74, 6) is 0. The minimum absolute atomic E-state index is 0.0462. The molecule has 0 aliphatic rings. The number of nitrogens with two attached hydrogens (primary N) is 1. The Morgan fingerprint density at radius 3 is 2.53 bits per heavy atom. The normalized spacial score (nSPS) is 14.5. The van der Waals surface area contributed by atoms with Crippen molar-refractivity contribution in [2.24, 2.45) is 5.73 Å². The fourth-order valence-corrected chi connectivity index (χ4v) is 1.71. The highest BCUT2D eigenvalue weighted by atomic mass is 16.3. The van der Waals surface area contributed by atoms with E-state index in [2.05, 4.69) is 5.10 Å². The summed E-state index contributed by atoms with van der Waals surface area (Å²) in [4.78, 5) is 0. The first-order valence-corrected chi connectivity index (χ1v) is 5.61. The van der Waals surface area contributed by atoms with Crippen LogP contribution in [0.5, 0.6) is 0 Å². The van der Waals surface area contributed by atoms with Gasteiger partial charge in [0, 0.05) is 24.4 Å². The van der Waals surface area contributed by atoms with Crippen molar-refractivity contribution < 1.29 is 5.11 Å². The standard InChI is InChI=1S/C13H17N3O/c1-13(9-14,10-17)11-3-5-12(6-4-11)16-8-2-7-15-16/h2-8,17H,9-10,14H2,1H3. The molecule has 90 valence electrons. The Bertz CT molecular complexity index is 458. The van der Waals surface area contributed by atoms with Gasteiger partial charge in [-0.25, -0.2) is 4.68 Å². The zero-order valence-corrected chi connectivity index (χ0v) is 9.87. The van der Waals surface area contributed by atoms with Gasteiger partial charge >= 0.3 is 0 Å². The lowest BCUT2D eigenvalue weighted by Crippen LogP contribution is -2.35. The number of nitrogens with zero attached hydrogens (tertiary/aromatic N) is 2. The number of aliphatic hydroxyl groups is 1. The molecule has 0 amide bonds. The van der Waals surface area contributed by atoms with E-state index >= 15 is 0 Å². The van der Waals surface area contributed by atoms with Crippen LogP contribution in [0, 0.1) is 0 Å². The van der Waals surface area contributed by atoms with E-state index in [4.69, 9.17) is 5.73 Å². The molecule has 1 heterocycles. The van der Waals surface area contributed by atoms with Crippen molar-refractivity contribution >= 4 is 0 Å². The van der Waals surface area contributed by atoms with Gasteiger partial charge in [-0.05, 0) is 23.8 Å². The van der Waals surface area contributed by atoms with E-state index in [0.717, 1.165) is 11.3 Å². The Kier molecular flexibility index (Phi) is 3.26. The smallest absolute Gasteiger partial charge is 0.0645 e. The average molecular weight is 231 g/mol. The second-order valence-electron chi connectivity index (χ2n) is 4.42. The minimum Gasteiger partial charge on any atom is -0.395 e. The van der Waals surface area contributed by atoms with Crippen LogP contribution < -0.4 is 5.73 Å². The molecule has 4 nitrogen and oxygen atoms in total. The number of benzene rings is 1. The third kappa shape index (κ3) is 2.23. The Hall–Kier alpha value is -1.65. The molecule has 2 aromatic rings. The van der Waals surface area contributed by atoms with E-state index in [9.17, 15) is 5.11 Å². The summed E-state index contributed by atoms with van der Waals surface area (Å²) in [6, 6.07) is 9.81. The maximum absolute atomic E-state index is 9.39. The van der Waals surface area contributed by atoms with Crippen LogP contribution in [0.2, 0.25) is 0 Å². The molecule has 0 fully saturated rings. The van der Waals surface area contributed by atoms with Crippen LogP contribution in [0.15, 0.2) is 42.7 Å². The molecule has 2 rings (SSSR count). The van der Waals surface area contributed by atoms with Crippen molar-refractivity contribution in [2.75, 3.05) is 13.2 Å². The topological polar surface area (TPSA) is 64.1 Å². The highest BCUT2D eigenvalue weighted by Crippen LogP contribution is 2.22. The molecule has 4 heteroatoms. The molecule has 0 radical (unpaired) electrons. The second kappa shape index (κ2) is 4.69. The Balaban J connectivity index is 2.30. The predicted molar refractivity (Wildman–Crippen MR) is 67.1 cm³/mol. The predicted octanol–water partition coefficient (Wildman–Crippen LogP) is 1.08. The van der Waals surface area contributed by atoms with Gasteiger partial charge in [0.15, 0.2) is 0 Å². The van der Waals surface area contributed by atoms with Gasteiger partial charge in [-0.3, -0.25) is 0 Å². The van der Waals surface area contributed by atoms with Gasteiger partial charge in [-0.1, -0.05) is 19.1 Å². The summed E-state index contributed by atoms with van der Waals surface area (Å²) in [6.45, 7) is 2.42. The number of hydrogen-bond acceptors (Lipinski definition) is 3. The maximum atomic E-state index is 9.39. The maximum Gasteiger partial charge on any atom is 0.0645 e. The lowest BCUT2D eigenvalue weighted by Gasteiger charge is -2.26. The van der Waals surface area contributed by atoms with Gasteiger partial charge in [0.2, 0.25) is 0 Å². The zero-order valence-electron chi connectivity index (χ0n) is 9.87. The van der Waals surface area contributed by atoms with Crippen LogP contribution in [0.25, 0.3) is 5.69 Å². The lowest BCUT2D eigenvalue weighted by molar-refractivity contribution is 0.210. The second-order valence-corrected chi connectivity index (χ2v) is 4.42. The van der Waals surface area contributed by atoms with Crippen molar-refractivity contribution in [3.05, 3.63) is 48.3 Å². The molecule has 1 unspecified atom stereocenters.